The van der Waals surface area contributed by atoms with Gasteiger partial charge in [-0.15, -0.1) is 0 Å². The lowest BCUT2D eigenvalue weighted by Gasteiger charge is -2.31. The van der Waals surface area contributed by atoms with Gasteiger partial charge >= 0.3 is 0 Å². The first-order valence-electron chi connectivity index (χ1n) is 6.82. The Morgan fingerprint density at radius 3 is 2.11 bits per heavy atom. The molecule has 3 rings (SSSR count). The summed E-state index contributed by atoms with van der Waals surface area (Å²) >= 11 is 0. The molecular weight excluding hydrogens is 234 g/mol. The summed E-state index contributed by atoms with van der Waals surface area (Å²) < 4.78 is 0. The van der Waals surface area contributed by atoms with Gasteiger partial charge in [-0.2, -0.15) is 0 Å². The summed E-state index contributed by atoms with van der Waals surface area (Å²) in [6.07, 6.45) is 0.998. The molecule has 2 aromatic carbocycles. The first-order chi connectivity index (χ1) is 9.29. The van der Waals surface area contributed by atoms with Gasteiger partial charge in [0.2, 0.25) is 0 Å². The zero-order valence-corrected chi connectivity index (χ0v) is 11.1. The van der Waals surface area contributed by atoms with Crippen LogP contribution in [0.25, 0.3) is 0 Å². The number of aliphatic hydroxyl groups excluding tert-OH is 1. The highest BCUT2D eigenvalue weighted by Crippen LogP contribution is 2.34. The summed E-state index contributed by atoms with van der Waals surface area (Å²) in [6, 6.07) is 17.4. The molecule has 2 aromatic rings. The molecule has 0 heterocycles. The fourth-order valence-corrected chi connectivity index (χ4v) is 2.84. The average molecular weight is 253 g/mol. The van der Waals surface area contributed by atoms with E-state index in [1.807, 2.05) is 6.92 Å². The second kappa shape index (κ2) is 5.16. The second-order valence-electron chi connectivity index (χ2n) is 5.26. The summed E-state index contributed by atoms with van der Waals surface area (Å²) in [5.74, 6) is 0. The van der Waals surface area contributed by atoms with Gasteiger partial charge in [0.05, 0.1) is 12.6 Å². The van der Waals surface area contributed by atoms with Crippen LogP contribution in [0.3, 0.4) is 0 Å². The summed E-state index contributed by atoms with van der Waals surface area (Å²) in [4.78, 5) is 0. The molecule has 0 radical (unpaired) electrons. The molecule has 19 heavy (non-hydrogen) atoms. The summed E-state index contributed by atoms with van der Waals surface area (Å²) in [6.45, 7) is 2.17. The van der Waals surface area contributed by atoms with Crippen molar-refractivity contribution in [3.63, 3.8) is 0 Å². The third-order valence-corrected chi connectivity index (χ3v) is 3.84. The topological polar surface area (TPSA) is 32.3 Å². The van der Waals surface area contributed by atoms with Crippen molar-refractivity contribution >= 4 is 0 Å². The molecule has 1 aliphatic carbocycles. The highest BCUT2D eigenvalue weighted by Gasteiger charge is 2.25. The fraction of sp³-hybridized carbons (Fsp3) is 0.294. The summed E-state index contributed by atoms with van der Waals surface area (Å²) in [5.41, 5.74) is 5.43. The minimum absolute atomic E-state index is 0.0872. The second-order valence-corrected chi connectivity index (χ2v) is 5.26. The van der Waals surface area contributed by atoms with E-state index in [0.717, 1.165) is 6.42 Å². The molecular formula is C17H19NO. The zero-order chi connectivity index (χ0) is 13.2. The van der Waals surface area contributed by atoms with Crippen LogP contribution in [0, 0.1) is 0 Å². The van der Waals surface area contributed by atoms with Crippen LogP contribution in [-0.4, -0.2) is 17.8 Å². The van der Waals surface area contributed by atoms with Crippen LogP contribution in [-0.2, 0) is 6.42 Å². The Hall–Kier alpha value is -1.64. The minimum Gasteiger partial charge on any atom is -0.395 e. The average Bonchev–Trinajstić information content (AvgIpc) is 2.46. The molecule has 1 aliphatic rings. The van der Waals surface area contributed by atoms with Crippen molar-refractivity contribution in [2.75, 3.05) is 6.61 Å². The molecule has 98 valence electrons. The monoisotopic (exact) mass is 253 g/mol. The first-order valence-corrected chi connectivity index (χ1v) is 6.82. The van der Waals surface area contributed by atoms with Gasteiger partial charge in [-0.3, -0.25) is 0 Å². The van der Waals surface area contributed by atoms with Crippen molar-refractivity contribution in [2.45, 2.75) is 25.4 Å². The van der Waals surface area contributed by atoms with E-state index in [0.29, 0.717) is 0 Å². The van der Waals surface area contributed by atoms with Crippen LogP contribution in [0.2, 0.25) is 0 Å². The number of rotatable bonds is 3. The van der Waals surface area contributed by atoms with Crippen LogP contribution in [0.15, 0.2) is 48.5 Å². The molecule has 0 spiro atoms. The minimum atomic E-state index is 0.0872. The fourth-order valence-electron chi connectivity index (χ4n) is 2.84. The van der Waals surface area contributed by atoms with Gasteiger partial charge in [0, 0.05) is 6.04 Å². The van der Waals surface area contributed by atoms with Crippen LogP contribution in [0.5, 0.6) is 0 Å². The van der Waals surface area contributed by atoms with Crippen molar-refractivity contribution in [3.05, 3.63) is 70.8 Å². The standard InChI is InChI=1S/C17H19NO/c1-12(11-19)18-17-15-8-4-2-6-13(15)10-14-7-3-5-9-16(14)17/h2-9,12,17-19H,10-11H2,1H3. The van der Waals surface area contributed by atoms with Gasteiger partial charge < -0.3 is 10.4 Å². The Morgan fingerprint density at radius 1 is 1.05 bits per heavy atom. The smallest absolute Gasteiger partial charge is 0.0585 e. The zero-order valence-electron chi connectivity index (χ0n) is 11.1. The van der Waals surface area contributed by atoms with Gasteiger partial charge in [0.25, 0.3) is 0 Å². The van der Waals surface area contributed by atoms with Gasteiger partial charge in [-0.25, -0.2) is 0 Å². The van der Waals surface area contributed by atoms with E-state index < -0.39 is 0 Å². The van der Waals surface area contributed by atoms with Gasteiger partial charge in [-0.1, -0.05) is 48.5 Å². The Morgan fingerprint density at radius 2 is 1.58 bits per heavy atom. The third kappa shape index (κ3) is 2.29. The maximum absolute atomic E-state index is 9.30. The number of hydrogen-bond acceptors (Lipinski definition) is 2. The van der Waals surface area contributed by atoms with E-state index in [2.05, 4.69) is 53.8 Å². The van der Waals surface area contributed by atoms with Crippen molar-refractivity contribution < 1.29 is 5.11 Å². The normalized spacial score (nSPS) is 15.7. The maximum atomic E-state index is 9.30. The Kier molecular flexibility index (Phi) is 3.36. The Balaban J connectivity index is 2.06. The first kappa shape index (κ1) is 12.4. The predicted molar refractivity (Wildman–Crippen MR) is 77.2 cm³/mol. The SMILES string of the molecule is CC(CO)NC1c2ccccc2Cc2ccccc21. The molecule has 2 nitrogen and oxygen atoms in total. The number of nitrogens with one attached hydrogen (secondary N) is 1. The van der Waals surface area contributed by atoms with Crippen LogP contribution >= 0.6 is 0 Å². The molecule has 0 fully saturated rings. The number of benzene rings is 2. The van der Waals surface area contributed by atoms with Crippen molar-refractivity contribution in [1.82, 2.24) is 5.32 Å². The molecule has 1 unspecified atom stereocenters. The predicted octanol–water partition coefficient (Wildman–Crippen LogP) is 2.65. The number of aliphatic hydroxyl groups is 1. The molecule has 0 amide bonds. The Bertz CT molecular complexity index is 533. The van der Waals surface area contributed by atoms with E-state index in [-0.39, 0.29) is 18.7 Å². The van der Waals surface area contributed by atoms with Gasteiger partial charge in [0.1, 0.15) is 0 Å². The molecule has 0 bridgehead atoms. The molecule has 1 atom stereocenters. The third-order valence-electron chi connectivity index (χ3n) is 3.84. The lowest BCUT2D eigenvalue weighted by atomic mass is 9.82. The lowest BCUT2D eigenvalue weighted by molar-refractivity contribution is 0.245. The summed E-state index contributed by atoms with van der Waals surface area (Å²) in [7, 11) is 0. The molecule has 0 aliphatic heterocycles. The van der Waals surface area contributed by atoms with Crippen molar-refractivity contribution in [1.29, 1.82) is 0 Å². The van der Waals surface area contributed by atoms with Crippen molar-refractivity contribution in [3.8, 4) is 0 Å². The largest absolute Gasteiger partial charge is 0.395 e. The van der Waals surface area contributed by atoms with E-state index in [4.69, 9.17) is 0 Å². The lowest BCUT2D eigenvalue weighted by Crippen LogP contribution is -2.36. The van der Waals surface area contributed by atoms with E-state index >= 15 is 0 Å². The maximum Gasteiger partial charge on any atom is 0.0585 e. The van der Waals surface area contributed by atoms with E-state index in [9.17, 15) is 5.11 Å². The van der Waals surface area contributed by atoms with Crippen LogP contribution in [0.4, 0.5) is 0 Å². The number of fused-ring (bicyclic) bond motifs is 2. The molecule has 0 saturated carbocycles. The van der Waals surface area contributed by atoms with Gasteiger partial charge in [0.15, 0.2) is 0 Å². The molecule has 0 aromatic heterocycles. The highest BCUT2D eigenvalue weighted by molar-refractivity contribution is 5.48. The van der Waals surface area contributed by atoms with Crippen molar-refractivity contribution in [2.24, 2.45) is 0 Å². The summed E-state index contributed by atoms with van der Waals surface area (Å²) in [5, 5.41) is 12.8. The molecule has 2 heteroatoms. The van der Waals surface area contributed by atoms with Crippen LogP contribution < -0.4 is 5.32 Å². The molecule has 2 N–H and O–H groups in total. The van der Waals surface area contributed by atoms with E-state index in [1.54, 1.807) is 0 Å². The van der Waals surface area contributed by atoms with E-state index in [1.165, 1.54) is 22.3 Å². The van der Waals surface area contributed by atoms with Gasteiger partial charge in [-0.05, 0) is 35.6 Å². The Labute approximate surface area is 114 Å². The quantitative estimate of drug-likeness (QED) is 0.881. The highest BCUT2D eigenvalue weighted by atomic mass is 16.3. The molecule has 0 saturated heterocycles. The number of hydrogen-bond donors (Lipinski definition) is 2. The van der Waals surface area contributed by atoms with Crippen LogP contribution in [0.1, 0.15) is 35.2 Å².